The topological polar surface area (TPSA) is 27.7 Å². The number of ether oxygens (including phenoxy) is 2. The number of rotatable bonds is 10. The Labute approximate surface area is 138 Å². The minimum absolute atomic E-state index is 0.0279. The van der Waals surface area contributed by atoms with Crippen molar-refractivity contribution in [2.75, 3.05) is 0 Å². The maximum atomic E-state index is 13.5. The third-order valence-electron chi connectivity index (χ3n) is 2.76. The lowest BCUT2D eigenvalue weighted by Crippen LogP contribution is -2.28. The van der Waals surface area contributed by atoms with Crippen LogP contribution in [0.2, 0.25) is 6.04 Å². The second kappa shape index (κ2) is 10.1. The highest BCUT2D eigenvalue weighted by Gasteiger charge is 2.14. The van der Waals surface area contributed by atoms with Crippen LogP contribution in [0.15, 0.2) is 12.1 Å². The van der Waals surface area contributed by atoms with Gasteiger partial charge in [0.1, 0.15) is 5.82 Å². The first kappa shape index (κ1) is 20.2. The molecule has 0 aliphatic rings. The number of hydrogen-bond donors (Lipinski definition) is 0. The summed E-state index contributed by atoms with van der Waals surface area (Å²) in [7, 11) is 0.115. The zero-order valence-electron chi connectivity index (χ0n) is 13.9. The summed E-state index contributed by atoms with van der Waals surface area (Å²) in [6, 6.07) is 2.13. The Hall–Kier alpha value is -0.893. The molecule has 0 amide bonds. The van der Waals surface area contributed by atoms with Gasteiger partial charge in [-0.1, -0.05) is 0 Å². The molecule has 0 unspecified atom stereocenters. The Bertz CT molecular complexity index is 474. The number of hydrogen-bond acceptors (Lipinski definition) is 3. The SMILES string of the molecule is CC(C)OC(O[Si]CCCc1cc(F)c(F)cc1F)OC(C)C. The Morgan fingerprint density at radius 2 is 1.48 bits per heavy atom. The predicted octanol–water partition coefficient (Wildman–Crippen LogP) is 4.22. The summed E-state index contributed by atoms with van der Waals surface area (Å²) >= 11 is 0. The summed E-state index contributed by atoms with van der Waals surface area (Å²) in [4.78, 5) is 0. The van der Waals surface area contributed by atoms with E-state index < -0.39 is 23.9 Å². The Kier molecular flexibility index (Phi) is 8.83. The van der Waals surface area contributed by atoms with Crippen LogP contribution in [0.1, 0.15) is 39.7 Å². The van der Waals surface area contributed by atoms with Gasteiger partial charge in [0, 0.05) is 6.07 Å². The average Bonchev–Trinajstić information content (AvgIpc) is 2.42. The molecule has 7 heteroatoms. The molecule has 23 heavy (non-hydrogen) atoms. The highest BCUT2D eigenvalue weighted by atomic mass is 28.2. The quantitative estimate of drug-likeness (QED) is 0.274. The maximum Gasteiger partial charge on any atom is 0.262 e. The monoisotopic (exact) mass is 348 g/mol. The van der Waals surface area contributed by atoms with Crippen molar-refractivity contribution >= 4 is 9.76 Å². The van der Waals surface area contributed by atoms with E-state index in [0.717, 1.165) is 6.07 Å². The van der Waals surface area contributed by atoms with E-state index in [4.69, 9.17) is 13.9 Å². The average molecular weight is 348 g/mol. The van der Waals surface area contributed by atoms with Crippen LogP contribution in [-0.4, -0.2) is 28.4 Å². The van der Waals surface area contributed by atoms with E-state index in [0.29, 0.717) is 25.0 Å². The largest absolute Gasteiger partial charge is 0.372 e. The van der Waals surface area contributed by atoms with Gasteiger partial charge in [-0.05, 0) is 58.2 Å². The van der Waals surface area contributed by atoms with Crippen LogP contribution in [0.3, 0.4) is 0 Å². The van der Waals surface area contributed by atoms with Crippen molar-refractivity contribution in [1.82, 2.24) is 0 Å². The zero-order chi connectivity index (χ0) is 17.4. The van der Waals surface area contributed by atoms with Crippen LogP contribution in [0.25, 0.3) is 0 Å². The third-order valence-corrected chi connectivity index (χ3v) is 3.68. The lowest BCUT2D eigenvalue weighted by molar-refractivity contribution is -0.275. The first-order valence-electron chi connectivity index (χ1n) is 7.62. The van der Waals surface area contributed by atoms with Gasteiger partial charge >= 0.3 is 0 Å². The van der Waals surface area contributed by atoms with Gasteiger partial charge in [0.05, 0.1) is 12.2 Å². The molecular formula is C16H23F3O3Si. The zero-order valence-corrected chi connectivity index (χ0v) is 14.9. The van der Waals surface area contributed by atoms with Crippen LogP contribution >= 0.6 is 0 Å². The van der Waals surface area contributed by atoms with Crippen molar-refractivity contribution in [2.45, 2.75) is 65.3 Å². The van der Waals surface area contributed by atoms with E-state index in [9.17, 15) is 13.2 Å². The molecule has 0 saturated heterocycles. The normalized spacial score (nSPS) is 11.9. The van der Waals surface area contributed by atoms with Gasteiger partial charge in [-0.25, -0.2) is 13.2 Å². The van der Waals surface area contributed by atoms with Crippen molar-refractivity contribution in [3.8, 4) is 0 Å². The fourth-order valence-corrected chi connectivity index (χ4v) is 2.45. The van der Waals surface area contributed by atoms with Crippen LogP contribution in [-0.2, 0) is 20.3 Å². The van der Waals surface area contributed by atoms with Crippen LogP contribution in [0, 0.1) is 17.5 Å². The van der Waals surface area contributed by atoms with Crippen LogP contribution < -0.4 is 0 Å². The minimum Gasteiger partial charge on any atom is -0.372 e. The Balaban J connectivity index is 2.34. The van der Waals surface area contributed by atoms with Gasteiger partial charge in [0.2, 0.25) is 9.76 Å². The molecule has 2 radical (unpaired) electrons. The van der Waals surface area contributed by atoms with Crippen molar-refractivity contribution in [3.05, 3.63) is 35.1 Å². The van der Waals surface area contributed by atoms with Crippen LogP contribution in [0.5, 0.6) is 0 Å². The summed E-state index contributed by atoms with van der Waals surface area (Å²) in [5.41, 5.74) is 0.169. The standard InChI is InChI=1S/C16H23F3O3Si/c1-10(2)20-16(21-11(3)4)22-23-7-5-6-12-8-14(18)15(19)9-13(12)17/h8-11,16H,5-7H2,1-4H3. The van der Waals surface area contributed by atoms with E-state index in [2.05, 4.69) is 0 Å². The van der Waals surface area contributed by atoms with E-state index in [-0.39, 0.29) is 27.5 Å². The molecule has 0 heterocycles. The first-order valence-corrected chi connectivity index (χ1v) is 8.74. The lowest BCUT2D eigenvalue weighted by Gasteiger charge is -2.22. The fraction of sp³-hybridized carbons (Fsp3) is 0.625. The highest BCUT2D eigenvalue weighted by molar-refractivity contribution is 6.27. The van der Waals surface area contributed by atoms with Crippen molar-refractivity contribution in [3.63, 3.8) is 0 Å². The summed E-state index contributed by atoms with van der Waals surface area (Å²) in [6.07, 6.45) is 0.857. The molecule has 3 nitrogen and oxygen atoms in total. The minimum atomic E-state index is -1.17. The molecule has 0 atom stereocenters. The molecule has 0 aliphatic carbocycles. The molecule has 0 fully saturated rings. The molecule has 130 valence electrons. The second-order valence-corrected chi connectivity index (χ2v) is 6.66. The second-order valence-electron chi connectivity index (χ2n) is 5.63. The van der Waals surface area contributed by atoms with Crippen molar-refractivity contribution in [1.29, 1.82) is 0 Å². The van der Waals surface area contributed by atoms with Gasteiger partial charge in [0.25, 0.3) is 6.48 Å². The van der Waals surface area contributed by atoms with Gasteiger partial charge in [-0.15, -0.1) is 0 Å². The molecule has 1 aromatic rings. The summed E-state index contributed by atoms with van der Waals surface area (Å²) in [6.45, 7) is 6.81. The van der Waals surface area contributed by atoms with Gasteiger partial charge in [-0.2, -0.15) is 0 Å². The number of benzene rings is 1. The molecule has 1 aromatic carbocycles. The Morgan fingerprint density at radius 3 is 2.04 bits per heavy atom. The van der Waals surface area contributed by atoms with E-state index in [1.165, 1.54) is 0 Å². The molecule has 0 spiro atoms. The molecular weight excluding hydrogens is 325 g/mol. The van der Waals surface area contributed by atoms with Gasteiger partial charge < -0.3 is 13.9 Å². The van der Waals surface area contributed by atoms with Gasteiger partial charge in [-0.3, -0.25) is 0 Å². The van der Waals surface area contributed by atoms with E-state index in [1.54, 1.807) is 0 Å². The fourth-order valence-electron chi connectivity index (χ4n) is 1.77. The third kappa shape index (κ3) is 7.96. The molecule has 0 N–H and O–H groups in total. The van der Waals surface area contributed by atoms with Gasteiger partial charge in [0.15, 0.2) is 11.6 Å². The first-order chi connectivity index (χ1) is 10.8. The summed E-state index contributed by atoms with van der Waals surface area (Å²) < 4.78 is 55.9. The number of aryl methyl sites for hydroxylation is 1. The van der Waals surface area contributed by atoms with Crippen LogP contribution in [0.4, 0.5) is 13.2 Å². The summed E-state index contributed by atoms with van der Waals surface area (Å²) in [5, 5.41) is 0. The smallest absolute Gasteiger partial charge is 0.262 e. The molecule has 1 rings (SSSR count). The molecule has 0 saturated carbocycles. The molecule has 0 bridgehead atoms. The highest BCUT2D eigenvalue weighted by Crippen LogP contribution is 2.16. The van der Waals surface area contributed by atoms with E-state index in [1.807, 2.05) is 27.7 Å². The van der Waals surface area contributed by atoms with Crippen molar-refractivity contribution < 1.29 is 27.1 Å². The lowest BCUT2D eigenvalue weighted by atomic mass is 10.1. The Morgan fingerprint density at radius 1 is 0.913 bits per heavy atom. The number of halogens is 3. The maximum absolute atomic E-state index is 13.5. The predicted molar refractivity (Wildman–Crippen MR) is 82.5 cm³/mol. The molecule has 0 aromatic heterocycles. The van der Waals surface area contributed by atoms with E-state index >= 15 is 0 Å². The molecule has 0 aliphatic heterocycles. The summed E-state index contributed by atoms with van der Waals surface area (Å²) in [5.74, 6) is -2.93. The van der Waals surface area contributed by atoms with Crippen molar-refractivity contribution in [2.24, 2.45) is 0 Å².